The molecule has 152 valence electrons. The zero-order valence-corrected chi connectivity index (χ0v) is 16.9. The molecule has 1 aromatic rings. The fourth-order valence-electron chi connectivity index (χ4n) is 4.24. The molecular formula is C23H33N3O2. The Labute approximate surface area is 168 Å². The van der Waals surface area contributed by atoms with Crippen molar-refractivity contribution in [3.8, 4) is 0 Å². The minimum atomic E-state index is -0.494. The molecule has 2 aliphatic rings. The summed E-state index contributed by atoms with van der Waals surface area (Å²) in [7, 11) is 0. The van der Waals surface area contributed by atoms with Crippen LogP contribution in [-0.2, 0) is 22.7 Å². The Hall–Kier alpha value is -2.14. The lowest BCUT2D eigenvalue weighted by Crippen LogP contribution is -2.45. The van der Waals surface area contributed by atoms with Gasteiger partial charge in [0.05, 0.1) is 6.04 Å². The van der Waals surface area contributed by atoms with Crippen molar-refractivity contribution in [3.05, 3.63) is 47.5 Å². The molecule has 1 heterocycles. The molecule has 1 aromatic carbocycles. The van der Waals surface area contributed by atoms with Crippen LogP contribution in [0.25, 0.3) is 0 Å². The van der Waals surface area contributed by atoms with E-state index in [4.69, 9.17) is 5.73 Å². The summed E-state index contributed by atoms with van der Waals surface area (Å²) in [6.07, 6.45) is 11.2. The van der Waals surface area contributed by atoms with E-state index in [1.54, 1.807) is 6.08 Å². The van der Waals surface area contributed by atoms with Crippen molar-refractivity contribution in [1.82, 2.24) is 10.2 Å². The highest BCUT2D eigenvalue weighted by Crippen LogP contribution is 2.28. The van der Waals surface area contributed by atoms with Crippen molar-refractivity contribution in [2.24, 2.45) is 11.7 Å². The van der Waals surface area contributed by atoms with Gasteiger partial charge in [0.25, 0.3) is 0 Å². The van der Waals surface area contributed by atoms with Crippen molar-refractivity contribution < 1.29 is 9.59 Å². The highest BCUT2D eigenvalue weighted by Gasteiger charge is 2.23. The van der Waals surface area contributed by atoms with Crippen LogP contribution in [0.2, 0.25) is 0 Å². The first kappa shape index (κ1) is 20.6. The highest BCUT2D eigenvalue weighted by molar-refractivity contribution is 5.88. The van der Waals surface area contributed by atoms with Crippen LogP contribution in [0.3, 0.4) is 0 Å². The maximum Gasteiger partial charge on any atom is 0.246 e. The fraction of sp³-hybridized carbons (Fsp3) is 0.565. The number of rotatable bonds is 7. The van der Waals surface area contributed by atoms with E-state index in [1.165, 1.54) is 43.2 Å². The molecule has 3 rings (SSSR count). The molecule has 5 nitrogen and oxygen atoms in total. The number of nitrogens with zero attached hydrogens (tertiary/aromatic N) is 1. The van der Waals surface area contributed by atoms with Gasteiger partial charge in [0.1, 0.15) is 0 Å². The maximum atomic E-state index is 12.7. The summed E-state index contributed by atoms with van der Waals surface area (Å²) in [5.74, 6) is 0.473. The molecule has 3 N–H and O–H groups in total. The van der Waals surface area contributed by atoms with Crippen LogP contribution in [0.5, 0.6) is 0 Å². The first-order chi connectivity index (χ1) is 13.6. The first-order valence-electron chi connectivity index (χ1n) is 10.7. The number of hydrogen-bond acceptors (Lipinski definition) is 3. The topological polar surface area (TPSA) is 75.4 Å². The molecule has 0 radical (unpaired) electrons. The van der Waals surface area contributed by atoms with Crippen molar-refractivity contribution >= 4 is 11.8 Å². The quantitative estimate of drug-likeness (QED) is 0.710. The van der Waals surface area contributed by atoms with Crippen LogP contribution >= 0.6 is 0 Å². The van der Waals surface area contributed by atoms with E-state index in [2.05, 4.69) is 17.4 Å². The summed E-state index contributed by atoms with van der Waals surface area (Å²) in [5, 5.41) is 3.06. The van der Waals surface area contributed by atoms with Gasteiger partial charge in [-0.25, -0.2) is 0 Å². The van der Waals surface area contributed by atoms with E-state index in [0.717, 1.165) is 6.42 Å². The lowest BCUT2D eigenvalue weighted by Gasteiger charge is -2.26. The third kappa shape index (κ3) is 5.44. The van der Waals surface area contributed by atoms with Crippen LogP contribution in [0, 0.1) is 5.92 Å². The van der Waals surface area contributed by atoms with E-state index in [9.17, 15) is 9.59 Å². The molecule has 1 saturated carbocycles. The van der Waals surface area contributed by atoms with Crippen LogP contribution in [0.4, 0.5) is 0 Å². The third-order valence-corrected chi connectivity index (χ3v) is 6.04. The van der Waals surface area contributed by atoms with E-state index < -0.39 is 6.04 Å². The predicted molar refractivity (Wildman–Crippen MR) is 111 cm³/mol. The Balaban J connectivity index is 1.62. The smallest absolute Gasteiger partial charge is 0.246 e. The summed E-state index contributed by atoms with van der Waals surface area (Å²) in [4.78, 5) is 26.8. The molecule has 2 amide bonds. The number of nitrogens with one attached hydrogen (secondary N) is 1. The number of carbonyl (C=O) groups is 2. The fourth-order valence-corrected chi connectivity index (χ4v) is 4.24. The normalized spacial score (nSPS) is 19.4. The summed E-state index contributed by atoms with van der Waals surface area (Å²) in [6, 6.07) is 7.54. The second kappa shape index (κ2) is 9.87. The predicted octanol–water partition coefficient (Wildman–Crippen LogP) is 3.28. The standard InChI is InChI=1S/C23H33N3O2/c1-2-21(24)23(28)25-20(14-17-8-4-3-5-9-17)12-13-22(27)26-15-18-10-6-7-11-19(18)16-26/h6-7,10-13,17,20-21H,2-5,8-9,14-16,24H2,1H3,(H,25,28)/t20-,21+/m1/s1. The highest BCUT2D eigenvalue weighted by atomic mass is 16.2. The Morgan fingerprint density at radius 1 is 1.18 bits per heavy atom. The van der Waals surface area contributed by atoms with Crippen molar-refractivity contribution in [1.29, 1.82) is 0 Å². The second-order valence-corrected chi connectivity index (χ2v) is 8.19. The van der Waals surface area contributed by atoms with Gasteiger partial charge in [0, 0.05) is 25.2 Å². The number of amides is 2. The Morgan fingerprint density at radius 3 is 2.43 bits per heavy atom. The average Bonchev–Trinajstić information content (AvgIpc) is 3.16. The Bertz CT molecular complexity index is 685. The molecule has 0 unspecified atom stereocenters. The average molecular weight is 384 g/mol. The van der Waals surface area contributed by atoms with E-state index in [0.29, 0.717) is 25.4 Å². The summed E-state index contributed by atoms with van der Waals surface area (Å²) in [5.41, 5.74) is 8.32. The van der Waals surface area contributed by atoms with Gasteiger partial charge in [-0.1, -0.05) is 69.4 Å². The number of hydrogen-bond donors (Lipinski definition) is 2. The van der Waals surface area contributed by atoms with E-state index >= 15 is 0 Å². The van der Waals surface area contributed by atoms with Gasteiger partial charge in [-0.05, 0) is 29.9 Å². The number of nitrogens with two attached hydrogens (primary N) is 1. The third-order valence-electron chi connectivity index (χ3n) is 6.04. The van der Waals surface area contributed by atoms with Crippen molar-refractivity contribution in [2.75, 3.05) is 0 Å². The molecule has 5 heteroatoms. The van der Waals surface area contributed by atoms with E-state index in [1.807, 2.05) is 30.0 Å². The van der Waals surface area contributed by atoms with E-state index in [-0.39, 0.29) is 17.9 Å². The molecular weight excluding hydrogens is 350 g/mol. The zero-order valence-electron chi connectivity index (χ0n) is 16.9. The zero-order chi connectivity index (χ0) is 19.9. The van der Waals surface area contributed by atoms with Crippen LogP contribution < -0.4 is 11.1 Å². The van der Waals surface area contributed by atoms with Crippen LogP contribution in [0.15, 0.2) is 36.4 Å². The Morgan fingerprint density at radius 2 is 1.82 bits per heavy atom. The molecule has 0 bridgehead atoms. The van der Waals surface area contributed by atoms with Gasteiger partial charge in [-0.3, -0.25) is 9.59 Å². The molecule has 1 aliphatic heterocycles. The van der Waals surface area contributed by atoms with Gasteiger partial charge in [-0.2, -0.15) is 0 Å². The molecule has 28 heavy (non-hydrogen) atoms. The number of carbonyl (C=O) groups excluding carboxylic acids is 2. The molecule has 0 aromatic heterocycles. The summed E-state index contributed by atoms with van der Waals surface area (Å²) in [6.45, 7) is 3.21. The maximum absolute atomic E-state index is 12.7. The number of benzene rings is 1. The van der Waals surface area contributed by atoms with Crippen molar-refractivity contribution in [3.63, 3.8) is 0 Å². The molecule has 1 aliphatic carbocycles. The molecule has 2 atom stereocenters. The van der Waals surface area contributed by atoms with Crippen LogP contribution in [0.1, 0.15) is 63.0 Å². The number of fused-ring (bicyclic) bond motifs is 1. The van der Waals surface area contributed by atoms with Gasteiger partial charge in [0.15, 0.2) is 0 Å². The second-order valence-electron chi connectivity index (χ2n) is 8.19. The SMILES string of the molecule is CC[C@H](N)C(=O)N[C@H](C=CC(=O)N1Cc2ccccc2C1)CC1CCCCC1. The lowest BCUT2D eigenvalue weighted by molar-refractivity contribution is -0.127. The minimum Gasteiger partial charge on any atom is -0.349 e. The molecule has 0 spiro atoms. The Kier molecular flexibility index (Phi) is 7.26. The molecule has 1 fully saturated rings. The lowest BCUT2D eigenvalue weighted by atomic mass is 9.84. The monoisotopic (exact) mass is 383 g/mol. The summed E-state index contributed by atoms with van der Waals surface area (Å²) >= 11 is 0. The van der Waals surface area contributed by atoms with Crippen LogP contribution in [-0.4, -0.2) is 28.8 Å². The van der Waals surface area contributed by atoms with Gasteiger partial charge in [-0.15, -0.1) is 0 Å². The van der Waals surface area contributed by atoms with Gasteiger partial charge >= 0.3 is 0 Å². The van der Waals surface area contributed by atoms with Gasteiger partial charge in [0.2, 0.25) is 11.8 Å². The largest absolute Gasteiger partial charge is 0.349 e. The summed E-state index contributed by atoms with van der Waals surface area (Å²) < 4.78 is 0. The van der Waals surface area contributed by atoms with Crippen molar-refractivity contribution in [2.45, 2.75) is 77.0 Å². The minimum absolute atomic E-state index is 0.00103. The first-order valence-corrected chi connectivity index (χ1v) is 10.7. The molecule has 0 saturated heterocycles. The van der Waals surface area contributed by atoms with Gasteiger partial charge < -0.3 is 16.0 Å².